The van der Waals surface area contributed by atoms with Crippen LogP contribution in [0.5, 0.6) is 0 Å². The van der Waals surface area contributed by atoms with Crippen LogP contribution in [0.3, 0.4) is 0 Å². The van der Waals surface area contributed by atoms with Crippen LogP contribution in [0.25, 0.3) is 76.0 Å². The van der Waals surface area contributed by atoms with Crippen LogP contribution in [-0.2, 0) is 32.7 Å². The Kier molecular flexibility index (Phi) is 5.28. The molecular weight excluding hydrogens is 525 g/mol. The predicted molar refractivity (Wildman–Crippen MR) is 150 cm³/mol. The fourth-order valence-electron chi connectivity index (χ4n) is 5.44. The quantitative estimate of drug-likeness (QED) is 0.118. The van der Waals surface area contributed by atoms with Crippen molar-refractivity contribution in [1.29, 1.82) is 0 Å². The van der Waals surface area contributed by atoms with Crippen LogP contribution in [0, 0.1) is 12.3 Å². The minimum absolute atomic E-state index is 0. The van der Waals surface area contributed by atoms with Crippen molar-refractivity contribution in [2.75, 3.05) is 0 Å². The van der Waals surface area contributed by atoms with E-state index < -0.39 is 0 Å². The summed E-state index contributed by atoms with van der Waals surface area (Å²) < 4.78 is 0. The van der Waals surface area contributed by atoms with Gasteiger partial charge in [0.15, 0.2) is 0 Å². The summed E-state index contributed by atoms with van der Waals surface area (Å²) in [6, 6.07) is 40.3. The van der Waals surface area contributed by atoms with Gasteiger partial charge in [-0.3, -0.25) is 4.98 Å². The van der Waals surface area contributed by atoms with Gasteiger partial charge < -0.3 is 4.98 Å². The molecule has 6 aromatic carbocycles. The molecule has 0 bridgehead atoms. The Morgan fingerprint density at radius 2 is 1.16 bits per heavy atom. The number of aromatic nitrogens is 2. The minimum atomic E-state index is 0. The van der Waals surface area contributed by atoms with E-state index >= 15 is 0 Å². The second-order valence-corrected chi connectivity index (χ2v) is 9.40. The zero-order chi connectivity index (χ0) is 23.6. The molecule has 0 amide bonds. The van der Waals surface area contributed by atoms with Gasteiger partial charge in [-0.15, -0.1) is 16.8 Å². The number of nitrogens with zero attached hydrogens (tertiary/aromatic N) is 2. The molecule has 2 nitrogen and oxygen atoms in total. The van der Waals surface area contributed by atoms with Crippen LogP contribution in [0.15, 0.2) is 109 Å². The third kappa shape index (κ3) is 3.63. The normalized spacial score (nSPS) is 11.6. The molecule has 0 spiro atoms. The van der Waals surface area contributed by atoms with Crippen LogP contribution in [-0.4, -0.2) is 9.97 Å². The van der Waals surface area contributed by atoms with Crippen molar-refractivity contribution >= 4 is 64.9 Å². The Labute approximate surface area is 238 Å². The van der Waals surface area contributed by atoms with Crippen molar-refractivity contribution in [1.82, 2.24) is 9.97 Å². The van der Waals surface area contributed by atoms with Gasteiger partial charge >= 0.3 is 0 Å². The van der Waals surface area contributed by atoms with Gasteiger partial charge in [0, 0.05) is 44.4 Å². The SMILES string of the molecule is [Y].[c-]1nc2c(ccc3cccnc32)cc1-c1[c-]ccc2cc3cc4cc5ccccc5cc4cc3cc12. The van der Waals surface area contributed by atoms with Crippen molar-refractivity contribution in [3.05, 3.63) is 122 Å². The largest absolute Gasteiger partial charge is 0.360 e. The monoisotopic (exact) mass is 543 g/mol. The number of fused-ring (bicyclic) bond motifs is 7. The molecule has 0 aliphatic rings. The van der Waals surface area contributed by atoms with Crippen molar-refractivity contribution in [2.45, 2.75) is 0 Å². The molecule has 0 aliphatic carbocycles. The van der Waals surface area contributed by atoms with E-state index in [-0.39, 0.29) is 32.7 Å². The molecule has 8 aromatic rings. The van der Waals surface area contributed by atoms with Gasteiger partial charge in [0.1, 0.15) is 0 Å². The first-order valence-corrected chi connectivity index (χ1v) is 12.1. The van der Waals surface area contributed by atoms with Gasteiger partial charge in [0.25, 0.3) is 0 Å². The first kappa shape index (κ1) is 22.5. The fourth-order valence-corrected chi connectivity index (χ4v) is 5.44. The maximum Gasteiger partial charge on any atom is 0.0544 e. The van der Waals surface area contributed by atoms with Gasteiger partial charge in [-0.2, -0.15) is 18.2 Å². The molecule has 0 unspecified atom stereocenters. The molecule has 8 rings (SSSR count). The first-order chi connectivity index (χ1) is 17.8. The Hall–Kier alpha value is -3.72. The second-order valence-electron chi connectivity index (χ2n) is 9.40. The van der Waals surface area contributed by atoms with E-state index in [1.54, 1.807) is 0 Å². The molecule has 0 aliphatic heterocycles. The average Bonchev–Trinajstić information content (AvgIpc) is 2.93. The molecule has 37 heavy (non-hydrogen) atoms. The molecule has 0 atom stereocenters. The summed E-state index contributed by atoms with van der Waals surface area (Å²) >= 11 is 0. The van der Waals surface area contributed by atoms with Crippen molar-refractivity contribution in [3.8, 4) is 11.1 Å². The molecule has 0 saturated carbocycles. The molecule has 0 saturated heterocycles. The first-order valence-electron chi connectivity index (χ1n) is 12.1. The standard InChI is InChI=1S/C34H18N2.Y/c1-2-6-23-14-27-18-29-19-32-24(15-28(29)17-26(27)13-22(23)5-1)7-3-9-31(32)30-16-25-11-10-21-8-4-12-35-33(21)34(25)36-20-30;/h1-8,10-19H;/q-2;. The van der Waals surface area contributed by atoms with E-state index in [1.165, 1.54) is 37.7 Å². The zero-order valence-corrected chi connectivity index (χ0v) is 22.7. The Balaban J connectivity index is 0.00000231. The molecule has 2 aromatic heterocycles. The third-order valence-corrected chi connectivity index (χ3v) is 7.22. The summed E-state index contributed by atoms with van der Waals surface area (Å²) in [5.41, 5.74) is 3.74. The van der Waals surface area contributed by atoms with Crippen molar-refractivity contribution < 1.29 is 32.7 Å². The van der Waals surface area contributed by atoms with Gasteiger partial charge in [-0.05, 0) is 68.0 Å². The number of rotatable bonds is 1. The molecule has 0 fully saturated rings. The van der Waals surface area contributed by atoms with Crippen LogP contribution < -0.4 is 0 Å². The van der Waals surface area contributed by atoms with Crippen molar-refractivity contribution in [2.24, 2.45) is 0 Å². The topological polar surface area (TPSA) is 25.8 Å². The van der Waals surface area contributed by atoms with Crippen LogP contribution in [0.2, 0.25) is 0 Å². The van der Waals surface area contributed by atoms with Gasteiger partial charge in [0.2, 0.25) is 0 Å². The molecule has 3 heteroatoms. The number of pyridine rings is 2. The maximum absolute atomic E-state index is 4.72. The van der Waals surface area contributed by atoms with Crippen LogP contribution in [0.1, 0.15) is 0 Å². The smallest absolute Gasteiger partial charge is 0.0544 e. The fraction of sp³-hybridized carbons (Fsp3) is 0. The van der Waals surface area contributed by atoms with E-state index in [9.17, 15) is 0 Å². The van der Waals surface area contributed by atoms with E-state index in [2.05, 4.69) is 108 Å². The third-order valence-electron chi connectivity index (χ3n) is 7.22. The summed E-state index contributed by atoms with van der Waals surface area (Å²) in [5, 5.41) is 12.0. The minimum Gasteiger partial charge on any atom is -0.360 e. The van der Waals surface area contributed by atoms with E-state index in [0.717, 1.165) is 38.3 Å². The summed E-state index contributed by atoms with van der Waals surface area (Å²) in [6.45, 7) is 0. The Bertz CT molecular complexity index is 2160. The zero-order valence-electron chi connectivity index (χ0n) is 19.9. The van der Waals surface area contributed by atoms with Gasteiger partial charge in [-0.1, -0.05) is 66.2 Å². The van der Waals surface area contributed by atoms with Gasteiger partial charge in [0.05, 0.1) is 5.52 Å². The summed E-state index contributed by atoms with van der Waals surface area (Å²) in [7, 11) is 0. The van der Waals surface area contributed by atoms with E-state index in [0.29, 0.717) is 0 Å². The molecule has 1 radical (unpaired) electrons. The Morgan fingerprint density at radius 3 is 1.95 bits per heavy atom. The number of hydrogen-bond acceptors (Lipinski definition) is 2. The summed E-state index contributed by atoms with van der Waals surface area (Å²) in [5.74, 6) is 0. The maximum atomic E-state index is 4.72. The van der Waals surface area contributed by atoms with E-state index in [1.807, 2.05) is 18.3 Å². The molecule has 169 valence electrons. The van der Waals surface area contributed by atoms with Crippen molar-refractivity contribution in [3.63, 3.8) is 0 Å². The number of hydrogen-bond donors (Lipinski definition) is 0. The predicted octanol–water partition coefficient (Wildman–Crippen LogP) is 8.66. The van der Waals surface area contributed by atoms with Gasteiger partial charge in [-0.25, -0.2) is 11.1 Å². The number of benzene rings is 6. The molecule has 0 N–H and O–H groups in total. The molecule has 2 heterocycles. The Morgan fingerprint density at radius 1 is 0.514 bits per heavy atom. The average molecular weight is 543 g/mol. The van der Waals surface area contributed by atoms with E-state index in [4.69, 9.17) is 4.98 Å². The van der Waals surface area contributed by atoms with Crippen LogP contribution >= 0.6 is 0 Å². The van der Waals surface area contributed by atoms with Crippen LogP contribution in [0.4, 0.5) is 0 Å². The summed E-state index contributed by atoms with van der Waals surface area (Å²) in [6.07, 6.45) is 5.10. The summed E-state index contributed by atoms with van der Waals surface area (Å²) in [4.78, 5) is 9.27. The second kappa shape index (κ2) is 8.69. The molecular formula is C34H18N2Y-2.